The van der Waals surface area contributed by atoms with E-state index in [1.807, 2.05) is 80.0 Å². The van der Waals surface area contributed by atoms with Crippen LogP contribution in [0.1, 0.15) is 58.6 Å². The van der Waals surface area contributed by atoms with Crippen LogP contribution in [0.2, 0.25) is 0 Å². The van der Waals surface area contributed by atoms with Crippen molar-refractivity contribution in [3.63, 3.8) is 0 Å². The summed E-state index contributed by atoms with van der Waals surface area (Å²) in [5.41, 5.74) is 4.35. The zero-order valence-electron chi connectivity index (χ0n) is 31.1. The molecule has 262 valence electrons. The molecule has 2 aromatic carbocycles. The summed E-state index contributed by atoms with van der Waals surface area (Å²) in [6.45, 7) is 10.1. The molecule has 2 aliphatic rings. The van der Waals surface area contributed by atoms with Crippen molar-refractivity contribution in [2.24, 2.45) is 0 Å². The van der Waals surface area contributed by atoms with Crippen molar-refractivity contribution in [3.8, 4) is 0 Å². The summed E-state index contributed by atoms with van der Waals surface area (Å²) in [5.74, 6) is -2.37. The van der Waals surface area contributed by atoms with Crippen LogP contribution in [0.5, 0.6) is 0 Å². The van der Waals surface area contributed by atoms with Gasteiger partial charge in [0.2, 0.25) is 5.69 Å². The van der Waals surface area contributed by atoms with Crippen molar-refractivity contribution in [3.05, 3.63) is 95.3 Å². The van der Waals surface area contributed by atoms with Gasteiger partial charge in [0, 0.05) is 70.7 Å². The van der Waals surface area contributed by atoms with Crippen LogP contribution in [0.25, 0.3) is 0 Å². The average molecular weight is 780 g/mol. The van der Waals surface area contributed by atoms with Crippen LogP contribution < -0.4 is 104 Å². The molecule has 0 radical (unpaired) electrons. The zero-order valence-corrected chi connectivity index (χ0v) is 38.7. The Morgan fingerprint density at radius 3 is 2.23 bits per heavy atom. The maximum absolute atomic E-state index is 11.7. The van der Waals surface area contributed by atoms with Gasteiger partial charge < -0.3 is 29.3 Å². The predicted octanol–water partition coefficient (Wildman–Crippen LogP) is -5.48. The Kier molecular flexibility index (Phi) is 19.5. The molecule has 2 aromatic rings. The van der Waals surface area contributed by atoms with Gasteiger partial charge in [0.1, 0.15) is 10.1 Å². The summed E-state index contributed by atoms with van der Waals surface area (Å²) in [7, 11) is -3.36. The number of anilines is 1. The molecule has 2 aliphatic heterocycles. The number of rotatable bonds is 15. The number of hydrogen-bond donors (Lipinski definition) is 0. The van der Waals surface area contributed by atoms with Crippen molar-refractivity contribution < 1.29 is 140 Å². The van der Waals surface area contributed by atoms with Gasteiger partial charge in [-0.1, -0.05) is 48.8 Å². The number of carbonyl (C=O) groups is 2. The summed E-state index contributed by atoms with van der Waals surface area (Å²) in [6, 6.07) is 9.81. The number of nitrogens with zero attached hydrogens (tertiary/aromatic N) is 2. The maximum atomic E-state index is 11.7. The average Bonchev–Trinajstić information content (AvgIpc) is 3.36. The van der Waals surface area contributed by atoms with E-state index in [9.17, 15) is 32.8 Å². The standard InChI is InChI=1S/C35H40N2O10S2.3Na/c1-23(10-8-12-31-35(4,5)27-22-25(49(42,43)44)14-16-29(27)37(31)20-18-33(40)41)9-7-11-30-34(2,3)26-21-24(48-47-46-45-6)13-15-28(26)36(30)19-17-32(38)39;;;/h7-16,21-22H,17-20H2,1-6H3,(H2-,38,39,40,41,42,43,44);;;/q;3*+1/p-2. The van der Waals surface area contributed by atoms with Gasteiger partial charge in [-0.15, -0.1) is 4.33 Å². The van der Waals surface area contributed by atoms with Crippen LogP contribution in [-0.2, 0) is 44.8 Å². The summed E-state index contributed by atoms with van der Waals surface area (Å²) < 4.78 is 42.1. The van der Waals surface area contributed by atoms with Gasteiger partial charge in [-0.05, 0) is 62.7 Å². The van der Waals surface area contributed by atoms with E-state index < -0.39 is 32.9 Å². The molecular formula is C35H38N2Na3O10S2+. The van der Waals surface area contributed by atoms with Crippen molar-refractivity contribution in [1.82, 2.24) is 0 Å². The van der Waals surface area contributed by atoms with E-state index in [2.05, 4.69) is 23.8 Å². The van der Waals surface area contributed by atoms with E-state index in [0.29, 0.717) is 11.3 Å². The van der Waals surface area contributed by atoms with Crippen LogP contribution in [0.15, 0.2) is 93.9 Å². The van der Waals surface area contributed by atoms with Gasteiger partial charge in [-0.3, -0.25) is 0 Å². The molecule has 0 unspecified atom stereocenters. The summed E-state index contributed by atoms with van der Waals surface area (Å²) in [4.78, 5) is 29.4. The number of carboxylic acid groups (broad SMARTS) is 2. The summed E-state index contributed by atoms with van der Waals surface area (Å²) in [5, 5.41) is 27.2. The largest absolute Gasteiger partial charge is 1.00 e. The number of carboxylic acids is 2. The van der Waals surface area contributed by atoms with Crippen LogP contribution in [0.4, 0.5) is 11.4 Å². The Morgan fingerprint density at radius 2 is 1.62 bits per heavy atom. The van der Waals surface area contributed by atoms with Crippen molar-refractivity contribution in [1.29, 1.82) is 0 Å². The van der Waals surface area contributed by atoms with Crippen molar-refractivity contribution >= 4 is 51.2 Å². The summed E-state index contributed by atoms with van der Waals surface area (Å²) in [6.07, 6.45) is 10.9. The molecule has 52 heavy (non-hydrogen) atoms. The zero-order chi connectivity index (χ0) is 36.1. The second kappa shape index (κ2) is 20.7. The van der Waals surface area contributed by atoms with E-state index in [1.54, 1.807) is 4.90 Å². The Bertz CT molecular complexity index is 1910. The molecule has 12 nitrogen and oxygen atoms in total. The third-order valence-electron chi connectivity index (χ3n) is 8.55. The molecular weight excluding hydrogens is 741 g/mol. The first-order chi connectivity index (χ1) is 23.0. The van der Waals surface area contributed by atoms with Crippen LogP contribution in [0, 0.1) is 0 Å². The molecule has 0 aromatic heterocycles. The third kappa shape index (κ3) is 11.7. The first-order valence-electron chi connectivity index (χ1n) is 15.3. The smallest absolute Gasteiger partial charge is 0.744 e. The fourth-order valence-corrected chi connectivity index (χ4v) is 7.07. The number of benzene rings is 2. The Hall–Kier alpha value is -1.05. The first-order valence-corrected chi connectivity index (χ1v) is 17.5. The summed E-state index contributed by atoms with van der Waals surface area (Å²) >= 11 is 0.985. The van der Waals surface area contributed by atoms with E-state index >= 15 is 0 Å². The Balaban J connectivity index is 0.00000451. The molecule has 0 fully saturated rings. The molecule has 4 rings (SSSR count). The van der Waals surface area contributed by atoms with Gasteiger partial charge >= 0.3 is 88.7 Å². The maximum Gasteiger partial charge on any atom is 1.00 e. The van der Waals surface area contributed by atoms with E-state index in [4.69, 9.17) is 4.33 Å². The van der Waals surface area contributed by atoms with Gasteiger partial charge in [0.05, 0.1) is 29.5 Å². The predicted molar refractivity (Wildman–Crippen MR) is 178 cm³/mol. The molecule has 0 saturated heterocycles. The molecule has 0 bridgehead atoms. The van der Waals surface area contributed by atoms with Crippen LogP contribution >= 0.6 is 12.0 Å². The molecule has 2 heterocycles. The molecule has 0 amide bonds. The quantitative estimate of drug-likeness (QED) is 0.0246. The Morgan fingerprint density at radius 1 is 0.942 bits per heavy atom. The number of aliphatic carboxylic acids is 2. The fraction of sp³-hybridized carbons (Fsp3) is 0.343. The van der Waals surface area contributed by atoms with E-state index in [-0.39, 0.29) is 119 Å². The minimum Gasteiger partial charge on any atom is -0.744 e. The first kappa shape index (κ1) is 49.0. The van der Waals surface area contributed by atoms with Gasteiger partial charge in [-0.25, -0.2) is 13.3 Å². The van der Waals surface area contributed by atoms with E-state index in [1.165, 1.54) is 25.3 Å². The molecule has 17 heteroatoms. The van der Waals surface area contributed by atoms with E-state index in [0.717, 1.165) is 45.2 Å². The monoisotopic (exact) mass is 779 g/mol. The van der Waals surface area contributed by atoms with Crippen molar-refractivity contribution in [2.75, 3.05) is 25.1 Å². The molecule has 0 atom stereocenters. The van der Waals surface area contributed by atoms with Crippen LogP contribution in [-0.4, -0.2) is 55.4 Å². The molecule has 0 aliphatic carbocycles. The van der Waals surface area contributed by atoms with Gasteiger partial charge in [-0.2, -0.15) is 4.58 Å². The molecule has 0 spiro atoms. The van der Waals surface area contributed by atoms with Crippen molar-refractivity contribution in [2.45, 2.75) is 68.1 Å². The number of hydrogen-bond acceptors (Lipinski definition) is 12. The second-order valence-electron chi connectivity index (χ2n) is 12.6. The Labute approximate surface area is 375 Å². The topological polar surface area (TPSA) is 171 Å². The minimum atomic E-state index is -4.69. The SMILES string of the molecule is COOOSc1ccc2c(c1)C(C)(C)C(/C=C/C=C(C)/C=C/C=C1/N(CCC(=O)[O-])c3ccc(S(=O)(=O)[O-])cc3C1(C)C)=[N+]2CCC(=O)[O-].[Na+].[Na+].[Na+]. The second-order valence-corrected chi connectivity index (χ2v) is 14.7. The third-order valence-corrected chi connectivity index (χ3v) is 9.95. The minimum absolute atomic E-state index is 0. The number of allylic oxidation sites excluding steroid dienone is 8. The number of carbonyl (C=O) groups excluding carboxylic acids is 2. The number of fused-ring (bicyclic) bond motifs is 2. The van der Waals surface area contributed by atoms with Gasteiger partial charge in [0.15, 0.2) is 12.3 Å². The van der Waals surface area contributed by atoms with Gasteiger partial charge in [0.25, 0.3) is 0 Å². The molecule has 0 N–H and O–H groups in total. The fourth-order valence-electron chi connectivity index (χ4n) is 6.12. The normalized spacial score (nSPS) is 16.8. The van der Waals surface area contributed by atoms with Crippen LogP contribution in [0.3, 0.4) is 0 Å². The molecule has 0 saturated carbocycles.